The zero-order chi connectivity index (χ0) is 21.5. The molecule has 3 heterocycles. The predicted molar refractivity (Wildman–Crippen MR) is 112 cm³/mol. The molecule has 0 radical (unpaired) electrons. The van der Waals surface area contributed by atoms with Gasteiger partial charge in [-0.2, -0.15) is 5.10 Å². The summed E-state index contributed by atoms with van der Waals surface area (Å²) < 4.78 is 1.66. The van der Waals surface area contributed by atoms with Crippen LogP contribution in [-0.2, 0) is 16.0 Å². The molecule has 0 aromatic carbocycles. The Hall–Kier alpha value is -2.48. The van der Waals surface area contributed by atoms with Crippen LogP contribution >= 0.6 is 0 Å². The fraction of sp³-hybridized carbons (Fsp3) is 0.636. The molecule has 8 heteroatoms. The molecule has 8 nitrogen and oxygen atoms in total. The van der Waals surface area contributed by atoms with Gasteiger partial charge in [-0.3, -0.25) is 9.59 Å². The molecule has 3 atom stereocenters. The fourth-order valence-electron chi connectivity index (χ4n) is 4.94. The maximum Gasteiger partial charge on any atom is 0.319 e. The van der Waals surface area contributed by atoms with Crippen molar-refractivity contribution in [3.05, 3.63) is 29.7 Å². The summed E-state index contributed by atoms with van der Waals surface area (Å²) >= 11 is 0. The molecule has 2 aromatic rings. The summed E-state index contributed by atoms with van der Waals surface area (Å²) in [6.45, 7) is 4.23. The van der Waals surface area contributed by atoms with Crippen molar-refractivity contribution in [2.24, 2.45) is 23.0 Å². The van der Waals surface area contributed by atoms with Gasteiger partial charge in [0.2, 0.25) is 5.91 Å². The standard InChI is InChI=1S/C22H31N5O3/c1-3-15-10-22(21(29)30,20(28)24-15)11-16-8-9-18-25-17(12-27(18)26-16)19(23)14-6-4-13(2)5-7-14/h8-9,12-15,19H,3-7,10-11,23H2,1-2H3,(H,24,28)(H,29,30)/t13?,14?,15-,19+,22?/m1/s1. The summed E-state index contributed by atoms with van der Waals surface area (Å²) in [5.74, 6) is -0.337. The number of amides is 1. The molecule has 2 aliphatic rings. The van der Waals surface area contributed by atoms with Gasteiger partial charge >= 0.3 is 5.97 Å². The van der Waals surface area contributed by atoms with Gasteiger partial charge in [-0.25, -0.2) is 9.50 Å². The zero-order valence-electron chi connectivity index (χ0n) is 17.7. The number of carboxylic acid groups (broad SMARTS) is 1. The molecule has 4 N–H and O–H groups in total. The molecule has 1 saturated heterocycles. The van der Waals surface area contributed by atoms with E-state index in [1.807, 2.05) is 19.2 Å². The van der Waals surface area contributed by atoms with E-state index in [2.05, 4.69) is 22.3 Å². The Balaban J connectivity index is 1.56. The Kier molecular flexibility index (Phi) is 5.53. The molecule has 1 amide bonds. The van der Waals surface area contributed by atoms with Crippen LogP contribution < -0.4 is 11.1 Å². The van der Waals surface area contributed by atoms with E-state index in [0.717, 1.165) is 24.5 Å². The van der Waals surface area contributed by atoms with E-state index in [1.165, 1.54) is 12.8 Å². The number of carbonyl (C=O) groups is 2. The van der Waals surface area contributed by atoms with Crippen LogP contribution in [0.15, 0.2) is 18.3 Å². The molecule has 2 aromatic heterocycles. The number of imidazole rings is 1. The molecular weight excluding hydrogens is 382 g/mol. The minimum absolute atomic E-state index is 0.0562. The molecule has 162 valence electrons. The summed E-state index contributed by atoms with van der Waals surface area (Å²) in [7, 11) is 0. The molecule has 2 fully saturated rings. The van der Waals surface area contributed by atoms with Crippen molar-refractivity contribution in [1.29, 1.82) is 0 Å². The summed E-state index contributed by atoms with van der Waals surface area (Å²) in [6, 6.07) is 3.34. The molecule has 1 aliphatic heterocycles. The number of hydrogen-bond donors (Lipinski definition) is 3. The average molecular weight is 414 g/mol. The number of aromatic nitrogens is 3. The van der Waals surface area contributed by atoms with Gasteiger partial charge in [-0.05, 0) is 49.7 Å². The van der Waals surface area contributed by atoms with E-state index in [1.54, 1.807) is 10.6 Å². The van der Waals surface area contributed by atoms with Gasteiger partial charge in [0.15, 0.2) is 11.1 Å². The van der Waals surface area contributed by atoms with Gasteiger partial charge in [-0.1, -0.05) is 26.7 Å². The van der Waals surface area contributed by atoms with Crippen LogP contribution in [0.25, 0.3) is 5.65 Å². The van der Waals surface area contributed by atoms with Crippen molar-refractivity contribution >= 4 is 17.5 Å². The molecule has 4 rings (SSSR count). The van der Waals surface area contributed by atoms with Crippen LogP contribution in [0.2, 0.25) is 0 Å². The number of nitrogens with one attached hydrogen (secondary N) is 1. The zero-order valence-corrected chi connectivity index (χ0v) is 17.7. The maximum absolute atomic E-state index is 12.5. The molecule has 1 aliphatic carbocycles. The van der Waals surface area contributed by atoms with Crippen molar-refractivity contribution < 1.29 is 14.7 Å². The van der Waals surface area contributed by atoms with Crippen molar-refractivity contribution in [2.45, 2.75) is 70.9 Å². The fourth-order valence-corrected chi connectivity index (χ4v) is 4.94. The van der Waals surface area contributed by atoms with Crippen LogP contribution in [0.5, 0.6) is 0 Å². The number of carboxylic acids is 1. The van der Waals surface area contributed by atoms with E-state index in [9.17, 15) is 14.7 Å². The predicted octanol–water partition coefficient (Wildman–Crippen LogP) is 2.47. The summed E-state index contributed by atoms with van der Waals surface area (Å²) in [6.07, 6.45) is 7.51. The number of hydrogen-bond acceptors (Lipinski definition) is 5. The van der Waals surface area contributed by atoms with E-state index in [0.29, 0.717) is 23.7 Å². The lowest BCUT2D eigenvalue weighted by Gasteiger charge is -2.29. The smallest absolute Gasteiger partial charge is 0.319 e. The van der Waals surface area contributed by atoms with Crippen molar-refractivity contribution in [1.82, 2.24) is 19.9 Å². The largest absolute Gasteiger partial charge is 0.480 e. The number of nitrogens with two attached hydrogens (primary N) is 1. The molecule has 1 unspecified atom stereocenters. The van der Waals surface area contributed by atoms with Gasteiger partial charge < -0.3 is 16.2 Å². The summed E-state index contributed by atoms with van der Waals surface area (Å²) in [5, 5.41) is 17.2. The highest BCUT2D eigenvalue weighted by Gasteiger charge is 2.52. The Labute approximate surface area is 176 Å². The van der Waals surface area contributed by atoms with Crippen LogP contribution in [-0.4, -0.2) is 37.6 Å². The van der Waals surface area contributed by atoms with Crippen LogP contribution in [0.1, 0.15) is 69.8 Å². The maximum atomic E-state index is 12.5. The van der Waals surface area contributed by atoms with Crippen LogP contribution in [0, 0.1) is 17.3 Å². The number of aliphatic carboxylic acids is 1. The van der Waals surface area contributed by atoms with E-state index >= 15 is 0 Å². The lowest BCUT2D eigenvalue weighted by atomic mass is 9.79. The monoisotopic (exact) mass is 413 g/mol. The van der Waals surface area contributed by atoms with Crippen LogP contribution in [0.3, 0.4) is 0 Å². The highest BCUT2D eigenvalue weighted by molar-refractivity contribution is 6.04. The molecule has 0 spiro atoms. The van der Waals surface area contributed by atoms with Gasteiger partial charge in [0, 0.05) is 12.5 Å². The summed E-state index contributed by atoms with van der Waals surface area (Å²) in [4.78, 5) is 29.2. The SMILES string of the molecule is CC[C@@H]1CC(Cc2ccc3nc([C@@H](N)C4CCC(C)CC4)cn3n2)(C(=O)O)C(=O)N1. The third-order valence-electron chi connectivity index (χ3n) is 7.05. The van der Waals surface area contributed by atoms with Gasteiger partial charge in [0.25, 0.3) is 0 Å². The highest BCUT2D eigenvalue weighted by atomic mass is 16.4. The van der Waals surface area contributed by atoms with E-state index in [-0.39, 0.29) is 24.9 Å². The minimum Gasteiger partial charge on any atom is -0.480 e. The van der Waals surface area contributed by atoms with Crippen molar-refractivity contribution in [2.75, 3.05) is 0 Å². The van der Waals surface area contributed by atoms with Gasteiger partial charge in [-0.15, -0.1) is 0 Å². The molecule has 1 saturated carbocycles. The lowest BCUT2D eigenvalue weighted by Crippen LogP contribution is -2.41. The van der Waals surface area contributed by atoms with Crippen LogP contribution in [0.4, 0.5) is 0 Å². The second-order valence-electron chi connectivity index (χ2n) is 9.19. The first-order valence-electron chi connectivity index (χ1n) is 11.0. The second-order valence-corrected chi connectivity index (χ2v) is 9.19. The topological polar surface area (TPSA) is 123 Å². The quantitative estimate of drug-likeness (QED) is 0.625. The second kappa shape index (κ2) is 7.98. The van der Waals surface area contributed by atoms with Crippen molar-refractivity contribution in [3.63, 3.8) is 0 Å². The van der Waals surface area contributed by atoms with Gasteiger partial charge in [0.1, 0.15) is 0 Å². The summed E-state index contributed by atoms with van der Waals surface area (Å²) in [5.41, 5.74) is 7.11. The number of carbonyl (C=O) groups excluding carboxylic acids is 1. The highest BCUT2D eigenvalue weighted by Crippen LogP contribution is 2.36. The average Bonchev–Trinajstić information content (AvgIpc) is 3.29. The number of rotatable bonds is 6. The number of fused-ring (bicyclic) bond motifs is 1. The first kappa shape index (κ1) is 20.8. The van der Waals surface area contributed by atoms with Gasteiger partial charge in [0.05, 0.1) is 23.6 Å². The molecule has 0 bridgehead atoms. The van der Waals surface area contributed by atoms with Crippen molar-refractivity contribution in [3.8, 4) is 0 Å². The van der Waals surface area contributed by atoms with E-state index < -0.39 is 17.3 Å². The van der Waals surface area contributed by atoms with E-state index in [4.69, 9.17) is 5.73 Å². The normalized spacial score (nSPS) is 30.4. The number of nitrogens with zero attached hydrogens (tertiary/aromatic N) is 3. The molecular formula is C22H31N5O3. The lowest BCUT2D eigenvalue weighted by molar-refractivity contribution is -0.153. The third-order valence-corrected chi connectivity index (χ3v) is 7.05. The first-order valence-corrected chi connectivity index (χ1v) is 11.0. The minimum atomic E-state index is -1.47. The third kappa shape index (κ3) is 3.69. The Morgan fingerprint density at radius 1 is 1.37 bits per heavy atom. The molecule has 30 heavy (non-hydrogen) atoms. The Morgan fingerprint density at radius 3 is 2.73 bits per heavy atom. The Bertz CT molecular complexity index is 949. The Morgan fingerprint density at radius 2 is 2.10 bits per heavy atom. The first-order chi connectivity index (χ1) is 14.3.